The van der Waals surface area contributed by atoms with Crippen LogP contribution in [0.15, 0.2) is 17.0 Å². The molecule has 0 unspecified atom stereocenters. The zero-order valence-corrected chi connectivity index (χ0v) is 10.0. The van der Waals surface area contributed by atoms with Crippen molar-refractivity contribution >= 4 is 35.0 Å². The summed E-state index contributed by atoms with van der Waals surface area (Å²) >= 11 is 10.5. The van der Waals surface area contributed by atoms with Crippen LogP contribution in [0.5, 0.6) is 5.75 Å². The van der Waals surface area contributed by atoms with Gasteiger partial charge in [0.05, 0.1) is 5.02 Å². The van der Waals surface area contributed by atoms with Crippen molar-refractivity contribution in [3.63, 3.8) is 0 Å². The third-order valence-corrected chi connectivity index (χ3v) is 2.91. The second-order valence-corrected chi connectivity index (χ2v) is 4.57. The molecule has 96 valence electrons. The molecule has 17 heavy (non-hydrogen) atoms. The van der Waals surface area contributed by atoms with Gasteiger partial charge < -0.3 is 4.74 Å². The van der Waals surface area contributed by atoms with Crippen LogP contribution < -0.4 is 4.74 Å². The van der Waals surface area contributed by atoms with Crippen LogP contribution in [0.25, 0.3) is 0 Å². The number of rotatable bonds is 3. The van der Waals surface area contributed by atoms with Crippen LogP contribution in [0, 0.1) is 0 Å². The molecule has 0 aliphatic carbocycles. The molecule has 0 amide bonds. The largest absolute Gasteiger partial charge is 0.446 e. The predicted molar refractivity (Wildman–Crippen MR) is 55.0 cm³/mol. The average molecular weight is 313 g/mol. The summed E-state index contributed by atoms with van der Waals surface area (Å²) in [6, 6.07) is 1.67. The molecule has 0 saturated carbocycles. The first-order valence-electron chi connectivity index (χ1n) is 3.88. The Balaban J connectivity index is 3.06. The topological polar surface area (TPSA) is 9.23 Å². The van der Waals surface area contributed by atoms with Gasteiger partial charge in [0.25, 0.3) is 0 Å². The molecule has 0 fully saturated rings. The number of thioether (sulfide) groups is 1. The number of benzene rings is 1. The first-order chi connectivity index (χ1) is 7.69. The summed E-state index contributed by atoms with van der Waals surface area (Å²) < 4.78 is 64.0. The Bertz CT molecular complexity index is 410. The summed E-state index contributed by atoms with van der Waals surface area (Å²) in [5.41, 5.74) is -4.56. The van der Waals surface area contributed by atoms with Crippen molar-refractivity contribution in [3.05, 3.63) is 22.2 Å². The van der Waals surface area contributed by atoms with Crippen LogP contribution >= 0.6 is 35.0 Å². The van der Waals surface area contributed by atoms with Crippen LogP contribution in [0.1, 0.15) is 0 Å². The van der Waals surface area contributed by atoms with E-state index < -0.39 is 29.6 Å². The number of halogens is 7. The summed E-state index contributed by atoms with van der Waals surface area (Å²) in [5.74, 6) is -0.596. The summed E-state index contributed by atoms with van der Waals surface area (Å²) in [7, 11) is 0. The van der Waals surface area contributed by atoms with Gasteiger partial charge in [0, 0.05) is 4.90 Å². The third-order valence-electron chi connectivity index (χ3n) is 1.42. The molecule has 0 aliphatic heterocycles. The Labute approximate surface area is 107 Å². The molecule has 0 aliphatic rings. The summed E-state index contributed by atoms with van der Waals surface area (Å²) in [5, 5.41) is -0.657. The lowest BCUT2D eigenvalue weighted by atomic mass is 10.3. The van der Waals surface area contributed by atoms with E-state index in [9.17, 15) is 22.0 Å². The molecule has 0 atom stereocenters. The quantitative estimate of drug-likeness (QED) is 0.560. The van der Waals surface area contributed by atoms with Crippen molar-refractivity contribution in [2.75, 3.05) is 0 Å². The van der Waals surface area contributed by atoms with Gasteiger partial charge in [-0.05, 0) is 23.9 Å². The van der Waals surface area contributed by atoms with Crippen molar-refractivity contribution in [1.29, 1.82) is 0 Å². The van der Waals surface area contributed by atoms with Gasteiger partial charge in [-0.2, -0.15) is 22.0 Å². The molecular formula is C8H3Cl2F5OS. The number of alkyl halides is 5. The standard InChI is InChI=1S/C8H3Cl2F5OS/c9-4-1-3(17-8(13,14)15)2-5(6(4)10)16-7(11)12/h1-2,7H. The molecule has 9 heteroatoms. The molecule has 0 N–H and O–H groups in total. The lowest BCUT2D eigenvalue weighted by Gasteiger charge is -2.11. The maximum absolute atomic E-state index is 12.1. The third kappa shape index (κ3) is 4.77. The highest BCUT2D eigenvalue weighted by atomic mass is 35.5. The Hall–Kier alpha value is -0.400. The smallest absolute Gasteiger partial charge is 0.433 e. The van der Waals surface area contributed by atoms with Crippen LogP contribution in [0.2, 0.25) is 10.0 Å². The minimum absolute atomic E-state index is 0.295. The fraction of sp³-hybridized carbons (Fsp3) is 0.250. The van der Waals surface area contributed by atoms with E-state index in [1.54, 1.807) is 0 Å². The molecule has 0 radical (unpaired) electrons. The lowest BCUT2D eigenvalue weighted by Crippen LogP contribution is -2.04. The van der Waals surface area contributed by atoms with E-state index in [0.29, 0.717) is 0 Å². The molecule has 0 spiro atoms. The minimum atomic E-state index is -4.56. The zero-order chi connectivity index (χ0) is 13.2. The second-order valence-electron chi connectivity index (χ2n) is 2.64. The van der Waals surface area contributed by atoms with Crippen molar-refractivity contribution in [1.82, 2.24) is 0 Å². The van der Waals surface area contributed by atoms with Crippen molar-refractivity contribution < 1.29 is 26.7 Å². The minimum Gasteiger partial charge on any atom is -0.433 e. The second kappa shape index (κ2) is 5.49. The summed E-state index contributed by atoms with van der Waals surface area (Å²) in [4.78, 5) is -0.387. The van der Waals surface area contributed by atoms with Crippen molar-refractivity contribution in [2.24, 2.45) is 0 Å². The van der Waals surface area contributed by atoms with Gasteiger partial charge in [-0.1, -0.05) is 23.2 Å². The van der Waals surface area contributed by atoms with E-state index in [0.717, 1.165) is 12.1 Å². The Kier molecular flexibility index (Phi) is 4.74. The molecule has 1 nitrogen and oxygen atoms in total. The summed E-state index contributed by atoms with van der Waals surface area (Å²) in [6.07, 6.45) is 0. The van der Waals surface area contributed by atoms with Crippen LogP contribution in [0.3, 0.4) is 0 Å². The van der Waals surface area contributed by atoms with E-state index >= 15 is 0 Å². The maximum atomic E-state index is 12.1. The van der Waals surface area contributed by atoms with E-state index in [4.69, 9.17) is 23.2 Å². The maximum Gasteiger partial charge on any atom is 0.446 e. The first-order valence-corrected chi connectivity index (χ1v) is 5.46. The van der Waals surface area contributed by atoms with E-state index in [-0.39, 0.29) is 14.9 Å². The highest BCUT2D eigenvalue weighted by Crippen LogP contribution is 2.42. The average Bonchev–Trinajstić information content (AvgIpc) is 2.09. The van der Waals surface area contributed by atoms with Gasteiger partial charge in [0.1, 0.15) is 10.8 Å². The molecule has 1 aromatic rings. The van der Waals surface area contributed by atoms with Crippen LogP contribution in [-0.4, -0.2) is 12.1 Å². The van der Waals surface area contributed by atoms with Crippen molar-refractivity contribution in [3.8, 4) is 5.75 Å². The van der Waals surface area contributed by atoms with E-state index in [1.165, 1.54) is 0 Å². The van der Waals surface area contributed by atoms with Crippen LogP contribution in [0.4, 0.5) is 22.0 Å². The Morgan fingerprint density at radius 2 is 1.76 bits per heavy atom. The van der Waals surface area contributed by atoms with Gasteiger partial charge in [-0.25, -0.2) is 0 Å². The number of hydrogen-bond acceptors (Lipinski definition) is 2. The molecule has 0 heterocycles. The van der Waals surface area contributed by atoms with Crippen molar-refractivity contribution in [2.45, 2.75) is 17.0 Å². The molecule has 1 rings (SSSR count). The molecule has 0 aromatic heterocycles. The molecular weight excluding hydrogens is 310 g/mol. The van der Waals surface area contributed by atoms with Gasteiger partial charge in [-0.3, -0.25) is 0 Å². The highest BCUT2D eigenvalue weighted by Gasteiger charge is 2.30. The van der Waals surface area contributed by atoms with Gasteiger partial charge in [0.15, 0.2) is 0 Å². The monoisotopic (exact) mass is 312 g/mol. The van der Waals surface area contributed by atoms with Gasteiger partial charge in [-0.15, -0.1) is 0 Å². The zero-order valence-electron chi connectivity index (χ0n) is 7.69. The molecule has 0 saturated heterocycles. The SMILES string of the molecule is FC(F)Oc1cc(SC(F)(F)F)cc(Cl)c1Cl. The highest BCUT2D eigenvalue weighted by molar-refractivity contribution is 8.00. The van der Waals surface area contributed by atoms with E-state index in [2.05, 4.69) is 4.74 Å². The predicted octanol–water partition coefficient (Wildman–Crippen LogP) is 5.21. The Morgan fingerprint density at radius 3 is 2.24 bits per heavy atom. The van der Waals surface area contributed by atoms with Gasteiger partial charge in [0.2, 0.25) is 0 Å². The van der Waals surface area contributed by atoms with Gasteiger partial charge >= 0.3 is 12.1 Å². The number of hydrogen-bond donors (Lipinski definition) is 0. The fourth-order valence-electron chi connectivity index (χ4n) is 0.914. The fourth-order valence-corrected chi connectivity index (χ4v) is 1.95. The normalized spacial score (nSPS) is 12.0. The Morgan fingerprint density at radius 1 is 1.18 bits per heavy atom. The van der Waals surface area contributed by atoms with E-state index in [1.807, 2.05) is 0 Å². The lowest BCUT2D eigenvalue weighted by molar-refractivity contribution is -0.0499. The number of ether oxygens (including phenoxy) is 1. The first kappa shape index (κ1) is 14.7. The molecule has 1 aromatic carbocycles. The molecule has 0 bridgehead atoms. The van der Waals surface area contributed by atoms with Crippen LogP contribution in [-0.2, 0) is 0 Å². The summed E-state index contributed by atoms with van der Waals surface area (Å²) in [6.45, 7) is -3.20.